The normalized spacial score (nSPS) is 34.7. The van der Waals surface area contributed by atoms with Gasteiger partial charge in [-0.05, 0) is 18.8 Å². The van der Waals surface area contributed by atoms with Crippen LogP contribution in [0.25, 0.3) is 0 Å². The molecule has 148 valence electrons. The largest absolute Gasteiger partial charge is 0.756 e. The summed E-state index contributed by atoms with van der Waals surface area (Å²) in [7, 11) is -16.0. The number of hydrogen-bond acceptors (Lipinski definition) is 12. The monoisotopic (exact) mass is 423 g/mol. The van der Waals surface area contributed by atoms with E-state index in [9.17, 15) is 33.5 Å². The Morgan fingerprint density at radius 3 is 2.20 bits per heavy atom. The highest BCUT2D eigenvalue weighted by molar-refractivity contribution is 7.65. The maximum absolute atomic E-state index is 11.5. The molecule has 2 rings (SSSR count). The van der Waals surface area contributed by atoms with Gasteiger partial charge in [0.05, 0.1) is 18.8 Å². The second-order valence-electron chi connectivity index (χ2n) is 5.69. The van der Waals surface area contributed by atoms with Crippen molar-refractivity contribution in [2.45, 2.75) is 44.0 Å². The predicted molar refractivity (Wildman–Crippen MR) is 74.6 cm³/mol. The van der Waals surface area contributed by atoms with Crippen molar-refractivity contribution < 1.29 is 55.9 Å². The lowest BCUT2D eigenvalue weighted by atomic mass is 9.80. The van der Waals surface area contributed by atoms with E-state index in [0.717, 1.165) is 19.3 Å². The molecule has 2 aliphatic rings. The van der Waals surface area contributed by atoms with Crippen LogP contribution < -0.4 is 14.7 Å². The third-order valence-corrected chi connectivity index (χ3v) is 8.06. The molecular weight excluding hydrogens is 405 g/mol. The van der Waals surface area contributed by atoms with Gasteiger partial charge < -0.3 is 33.6 Å². The average molecular weight is 423 g/mol. The number of rotatable bonds is 9. The third-order valence-electron chi connectivity index (χ3n) is 3.95. The zero-order valence-electron chi connectivity index (χ0n) is 13.1. The van der Waals surface area contributed by atoms with Crippen LogP contribution >= 0.6 is 23.5 Å². The fraction of sp³-hybridized carbons (Fsp3) is 1.00. The molecule has 1 aliphatic heterocycles. The van der Waals surface area contributed by atoms with Gasteiger partial charge in [-0.3, -0.25) is 13.7 Å². The summed E-state index contributed by atoms with van der Waals surface area (Å²) in [6.07, 6.45) is 1.13. The van der Waals surface area contributed by atoms with E-state index in [1.54, 1.807) is 0 Å². The molecule has 0 radical (unpaired) electrons. The summed E-state index contributed by atoms with van der Waals surface area (Å²) >= 11 is 0. The van der Waals surface area contributed by atoms with Crippen LogP contribution in [0.3, 0.4) is 0 Å². The minimum Gasteiger partial charge on any atom is -0.756 e. The molecule has 0 spiro atoms. The summed E-state index contributed by atoms with van der Waals surface area (Å²) in [5.41, 5.74) is 0. The van der Waals surface area contributed by atoms with Crippen LogP contribution in [0, 0.1) is 5.92 Å². The standard InChI is InChI=1S/C10H21O12P3/c1-18-23(12,13)21-25(16,17)22-24(14,15)19-6-10-8(11)5-9(20-10)7-3-2-4-7/h7-11H,2-6H2,1H3,(H,12,13)(H,14,15)(H,16,17)/p-3/t8-,9-,10-/m1/s1. The first-order valence-electron chi connectivity index (χ1n) is 7.33. The number of hydrogen-bond donors (Lipinski definition) is 1. The number of phosphoric ester groups is 2. The highest BCUT2D eigenvalue weighted by atomic mass is 31.3. The van der Waals surface area contributed by atoms with Crippen molar-refractivity contribution in [1.29, 1.82) is 0 Å². The number of phosphoric acid groups is 3. The molecule has 12 nitrogen and oxygen atoms in total. The van der Waals surface area contributed by atoms with Crippen LogP contribution in [0.4, 0.5) is 0 Å². The van der Waals surface area contributed by atoms with Crippen LogP contribution in [0.15, 0.2) is 0 Å². The zero-order valence-corrected chi connectivity index (χ0v) is 15.8. The van der Waals surface area contributed by atoms with Gasteiger partial charge in [0, 0.05) is 13.5 Å². The highest BCUT2D eigenvalue weighted by Crippen LogP contribution is 2.62. The van der Waals surface area contributed by atoms with Crippen molar-refractivity contribution in [2.75, 3.05) is 13.7 Å². The van der Waals surface area contributed by atoms with Crippen LogP contribution in [0.2, 0.25) is 0 Å². The van der Waals surface area contributed by atoms with E-state index in [0.29, 0.717) is 19.4 Å². The van der Waals surface area contributed by atoms with E-state index in [1.807, 2.05) is 0 Å². The molecule has 2 fully saturated rings. The van der Waals surface area contributed by atoms with E-state index >= 15 is 0 Å². The predicted octanol–water partition coefficient (Wildman–Crippen LogP) is -0.594. The summed E-state index contributed by atoms with van der Waals surface area (Å²) in [6.45, 7) is -0.690. The fourth-order valence-electron chi connectivity index (χ4n) is 2.51. The van der Waals surface area contributed by atoms with Gasteiger partial charge in [0.25, 0.3) is 23.5 Å². The van der Waals surface area contributed by atoms with E-state index in [1.165, 1.54) is 0 Å². The molecule has 0 aromatic heterocycles. The third kappa shape index (κ3) is 6.46. The summed E-state index contributed by atoms with van der Waals surface area (Å²) in [6, 6.07) is 0. The Balaban J connectivity index is 1.85. The van der Waals surface area contributed by atoms with Gasteiger partial charge in [0.1, 0.15) is 6.10 Å². The van der Waals surface area contributed by atoms with Gasteiger partial charge in [-0.1, -0.05) is 6.42 Å². The lowest BCUT2D eigenvalue weighted by molar-refractivity contribution is -0.251. The Morgan fingerprint density at radius 1 is 1.08 bits per heavy atom. The van der Waals surface area contributed by atoms with Crippen LogP contribution in [-0.4, -0.2) is 37.1 Å². The molecule has 25 heavy (non-hydrogen) atoms. The second kappa shape index (κ2) is 8.14. The highest BCUT2D eigenvalue weighted by Gasteiger charge is 2.40. The SMILES string of the molecule is COP(=O)([O-])OP(=O)([O-])OP(=O)([O-])OC[C@H]1O[C@@H](C2CCC2)C[C@H]1O. The second-order valence-corrected chi connectivity index (χ2v) is 10.3. The van der Waals surface area contributed by atoms with E-state index in [-0.39, 0.29) is 6.10 Å². The first-order chi connectivity index (χ1) is 11.4. The quantitative estimate of drug-likeness (QED) is 0.465. The molecule has 0 amide bonds. The molecule has 3 unspecified atom stereocenters. The van der Waals surface area contributed by atoms with Crippen molar-refractivity contribution in [2.24, 2.45) is 5.92 Å². The maximum atomic E-state index is 11.5. The summed E-state index contributed by atoms with van der Waals surface area (Å²) < 4.78 is 54.4. The van der Waals surface area contributed by atoms with Gasteiger partial charge in [-0.2, -0.15) is 0 Å². The van der Waals surface area contributed by atoms with Gasteiger partial charge in [-0.15, -0.1) is 0 Å². The van der Waals surface area contributed by atoms with Gasteiger partial charge in [0.15, 0.2) is 0 Å². The van der Waals surface area contributed by atoms with Crippen molar-refractivity contribution >= 4 is 23.5 Å². The molecule has 1 aliphatic carbocycles. The Morgan fingerprint density at radius 2 is 1.68 bits per heavy atom. The molecule has 6 atom stereocenters. The summed E-state index contributed by atoms with van der Waals surface area (Å²) in [5, 5.41) is 9.87. The van der Waals surface area contributed by atoms with E-state index < -0.39 is 42.3 Å². The zero-order chi connectivity index (χ0) is 18.9. The summed E-state index contributed by atoms with van der Waals surface area (Å²) in [5.74, 6) is 0.297. The minimum atomic E-state index is -5.81. The first kappa shape index (κ1) is 21.6. The van der Waals surface area contributed by atoms with Gasteiger partial charge in [-0.25, -0.2) is 8.62 Å². The average Bonchev–Trinajstić information content (AvgIpc) is 2.73. The van der Waals surface area contributed by atoms with Crippen LogP contribution in [0.5, 0.6) is 0 Å². The fourth-order valence-corrected chi connectivity index (χ4v) is 5.64. The topological polar surface area (TPSA) is 187 Å². The molecular formula is C10H18O12P3-3. The number of aliphatic hydroxyl groups excluding tert-OH is 1. The van der Waals surface area contributed by atoms with Gasteiger partial charge in [0.2, 0.25) is 0 Å². The molecule has 1 N–H and O–H groups in total. The van der Waals surface area contributed by atoms with Crippen LogP contribution in [0.1, 0.15) is 25.7 Å². The van der Waals surface area contributed by atoms with Gasteiger partial charge >= 0.3 is 0 Å². The van der Waals surface area contributed by atoms with Crippen molar-refractivity contribution in [3.8, 4) is 0 Å². The summed E-state index contributed by atoms with van der Waals surface area (Å²) in [4.78, 5) is 33.7. The molecule has 15 heteroatoms. The Bertz CT molecular complexity index is 606. The van der Waals surface area contributed by atoms with E-state index in [4.69, 9.17) is 4.74 Å². The molecule has 1 saturated heterocycles. The lowest BCUT2D eigenvalue weighted by Gasteiger charge is -2.34. The van der Waals surface area contributed by atoms with Crippen molar-refractivity contribution in [3.05, 3.63) is 0 Å². The Kier molecular flexibility index (Phi) is 7.04. The maximum Gasteiger partial charge on any atom is 0.280 e. The first-order valence-corrected chi connectivity index (χ1v) is 11.7. The minimum absolute atomic E-state index is 0.216. The van der Waals surface area contributed by atoms with Crippen LogP contribution in [-0.2, 0) is 36.1 Å². The smallest absolute Gasteiger partial charge is 0.280 e. The van der Waals surface area contributed by atoms with Crippen molar-refractivity contribution in [3.63, 3.8) is 0 Å². The molecule has 1 saturated carbocycles. The Labute approximate surface area is 143 Å². The number of ether oxygens (including phenoxy) is 1. The molecule has 0 aromatic rings. The molecule has 1 heterocycles. The Hall–Kier alpha value is 0.330. The molecule has 0 aromatic carbocycles. The number of aliphatic hydroxyl groups is 1. The van der Waals surface area contributed by atoms with Crippen molar-refractivity contribution in [1.82, 2.24) is 0 Å². The van der Waals surface area contributed by atoms with E-state index in [2.05, 4.69) is 17.7 Å². The lowest BCUT2D eigenvalue weighted by Crippen LogP contribution is -2.29. The molecule has 0 bridgehead atoms.